The van der Waals surface area contributed by atoms with E-state index in [-0.39, 0.29) is 19.1 Å². The fourth-order valence-electron chi connectivity index (χ4n) is 1.09. The maximum atomic E-state index is 11.4. The third-order valence-corrected chi connectivity index (χ3v) is 2.05. The van der Waals surface area contributed by atoms with E-state index in [0.717, 1.165) is 0 Å². The zero-order valence-electron chi connectivity index (χ0n) is 11.4. The van der Waals surface area contributed by atoms with Gasteiger partial charge in [0.15, 0.2) is 6.04 Å². The van der Waals surface area contributed by atoms with Crippen molar-refractivity contribution in [2.24, 2.45) is 5.92 Å². The first-order chi connectivity index (χ1) is 8.86. The molecule has 110 valence electrons. The number of nitrogens with one attached hydrogen (secondary N) is 3. The molecule has 0 saturated carbocycles. The molecule has 4 N–H and O–H groups in total. The Morgan fingerprint density at radius 1 is 1.21 bits per heavy atom. The summed E-state index contributed by atoms with van der Waals surface area (Å²) in [5.41, 5.74) is 0. The molecule has 0 aliphatic heterocycles. The number of carbonyl (C=O) groups is 3. The van der Waals surface area contributed by atoms with Crippen LogP contribution < -0.4 is 16.0 Å². The summed E-state index contributed by atoms with van der Waals surface area (Å²) in [6, 6.07) is -1.88. The molecule has 0 aromatic heterocycles. The van der Waals surface area contributed by atoms with Gasteiger partial charge in [-0.25, -0.2) is 9.59 Å². The summed E-state index contributed by atoms with van der Waals surface area (Å²) in [6.07, 6.45) is 0. The lowest BCUT2D eigenvalue weighted by atomic mass is 10.2. The SMILES string of the molecule is COCC(NC(=O)NCC(=O)NCC(C)C)C(=O)O. The second-order valence-corrected chi connectivity index (χ2v) is 4.37. The number of aliphatic carboxylic acids is 1. The van der Waals surface area contributed by atoms with Crippen LogP contribution >= 0.6 is 0 Å². The molecule has 0 saturated heterocycles. The summed E-state index contributed by atoms with van der Waals surface area (Å²) >= 11 is 0. The third-order valence-electron chi connectivity index (χ3n) is 2.05. The first-order valence-electron chi connectivity index (χ1n) is 5.89. The van der Waals surface area contributed by atoms with E-state index in [2.05, 4.69) is 20.7 Å². The van der Waals surface area contributed by atoms with Gasteiger partial charge in [-0.05, 0) is 5.92 Å². The maximum Gasteiger partial charge on any atom is 0.328 e. The Balaban J connectivity index is 3.96. The average molecular weight is 275 g/mol. The van der Waals surface area contributed by atoms with E-state index in [4.69, 9.17) is 5.11 Å². The second-order valence-electron chi connectivity index (χ2n) is 4.37. The molecule has 0 aromatic carbocycles. The van der Waals surface area contributed by atoms with Crippen LogP contribution in [0.15, 0.2) is 0 Å². The van der Waals surface area contributed by atoms with E-state index in [0.29, 0.717) is 12.5 Å². The summed E-state index contributed by atoms with van der Waals surface area (Å²) in [6.45, 7) is 4.05. The Hall–Kier alpha value is -1.83. The number of carbonyl (C=O) groups excluding carboxylic acids is 2. The number of amides is 3. The van der Waals surface area contributed by atoms with Crippen LogP contribution in [-0.4, -0.2) is 55.9 Å². The zero-order valence-corrected chi connectivity index (χ0v) is 11.4. The number of hydrogen-bond donors (Lipinski definition) is 4. The zero-order chi connectivity index (χ0) is 14.8. The fourth-order valence-corrected chi connectivity index (χ4v) is 1.09. The van der Waals surface area contributed by atoms with Gasteiger partial charge in [-0.15, -0.1) is 0 Å². The minimum Gasteiger partial charge on any atom is -0.480 e. The van der Waals surface area contributed by atoms with E-state index < -0.39 is 18.0 Å². The molecule has 19 heavy (non-hydrogen) atoms. The minimum absolute atomic E-state index is 0.150. The summed E-state index contributed by atoms with van der Waals surface area (Å²) in [7, 11) is 1.33. The molecular formula is C11H21N3O5. The normalized spacial score (nSPS) is 11.8. The van der Waals surface area contributed by atoms with Crippen molar-refractivity contribution in [2.45, 2.75) is 19.9 Å². The molecule has 8 nitrogen and oxygen atoms in total. The van der Waals surface area contributed by atoms with Crippen LogP contribution in [0.2, 0.25) is 0 Å². The van der Waals surface area contributed by atoms with Crippen LogP contribution in [-0.2, 0) is 14.3 Å². The predicted octanol–water partition coefficient (Wildman–Crippen LogP) is -0.843. The van der Waals surface area contributed by atoms with Gasteiger partial charge in [0.25, 0.3) is 0 Å². The van der Waals surface area contributed by atoms with Crippen LogP contribution in [0.4, 0.5) is 4.79 Å². The molecule has 0 aromatic rings. The van der Waals surface area contributed by atoms with Gasteiger partial charge in [-0.2, -0.15) is 0 Å². The number of carboxylic acids is 1. The Morgan fingerprint density at radius 3 is 2.32 bits per heavy atom. The molecule has 0 radical (unpaired) electrons. The van der Waals surface area contributed by atoms with E-state index in [1.165, 1.54) is 7.11 Å². The molecule has 1 unspecified atom stereocenters. The van der Waals surface area contributed by atoms with Crippen molar-refractivity contribution in [3.63, 3.8) is 0 Å². The Kier molecular flexibility index (Phi) is 8.27. The molecule has 8 heteroatoms. The van der Waals surface area contributed by atoms with Crippen molar-refractivity contribution >= 4 is 17.9 Å². The van der Waals surface area contributed by atoms with Gasteiger partial charge in [-0.1, -0.05) is 13.8 Å². The number of carboxylic acid groups (broad SMARTS) is 1. The van der Waals surface area contributed by atoms with Crippen molar-refractivity contribution in [1.82, 2.24) is 16.0 Å². The molecule has 1 atom stereocenters. The number of urea groups is 1. The number of methoxy groups -OCH3 is 1. The van der Waals surface area contributed by atoms with Gasteiger partial charge < -0.3 is 25.8 Å². The van der Waals surface area contributed by atoms with Crippen molar-refractivity contribution in [2.75, 3.05) is 26.8 Å². The van der Waals surface area contributed by atoms with Gasteiger partial charge in [0.05, 0.1) is 13.2 Å². The average Bonchev–Trinajstić information content (AvgIpc) is 2.33. The van der Waals surface area contributed by atoms with Crippen LogP contribution in [0.5, 0.6) is 0 Å². The lowest BCUT2D eigenvalue weighted by Gasteiger charge is -2.14. The van der Waals surface area contributed by atoms with Gasteiger partial charge >= 0.3 is 12.0 Å². The topological polar surface area (TPSA) is 117 Å². The molecule has 0 spiro atoms. The third kappa shape index (κ3) is 8.83. The largest absolute Gasteiger partial charge is 0.480 e. The molecule has 3 amide bonds. The maximum absolute atomic E-state index is 11.4. The Morgan fingerprint density at radius 2 is 1.84 bits per heavy atom. The van der Waals surface area contributed by atoms with E-state index in [9.17, 15) is 14.4 Å². The highest BCUT2D eigenvalue weighted by atomic mass is 16.5. The highest BCUT2D eigenvalue weighted by Gasteiger charge is 2.19. The molecule has 0 bridgehead atoms. The van der Waals surface area contributed by atoms with E-state index in [1.807, 2.05) is 13.8 Å². The highest BCUT2D eigenvalue weighted by molar-refractivity contribution is 5.86. The lowest BCUT2D eigenvalue weighted by Crippen LogP contribution is -2.50. The van der Waals surface area contributed by atoms with Crippen molar-refractivity contribution in [3.05, 3.63) is 0 Å². The molecular weight excluding hydrogens is 254 g/mol. The monoisotopic (exact) mass is 275 g/mol. The Bertz CT molecular complexity index is 319. The summed E-state index contributed by atoms with van der Waals surface area (Å²) in [5, 5.41) is 15.8. The van der Waals surface area contributed by atoms with Crippen LogP contribution in [0.25, 0.3) is 0 Å². The summed E-state index contributed by atoms with van der Waals surface area (Å²) in [4.78, 5) is 33.4. The number of ether oxygens (including phenoxy) is 1. The van der Waals surface area contributed by atoms with Gasteiger partial charge in [0, 0.05) is 13.7 Å². The molecule has 0 fully saturated rings. The predicted molar refractivity (Wildman–Crippen MR) is 67.7 cm³/mol. The van der Waals surface area contributed by atoms with Gasteiger partial charge in [0.2, 0.25) is 5.91 Å². The van der Waals surface area contributed by atoms with Crippen molar-refractivity contribution < 1.29 is 24.2 Å². The molecule has 0 aliphatic rings. The van der Waals surface area contributed by atoms with Gasteiger partial charge in [-0.3, -0.25) is 4.79 Å². The van der Waals surface area contributed by atoms with Crippen LogP contribution in [0.1, 0.15) is 13.8 Å². The number of rotatable bonds is 8. The summed E-state index contributed by atoms with van der Waals surface area (Å²) in [5.74, 6) is -1.22. The van der Waals surface area contributed by atoms with E-state index in [1.54, 1.807) is 0 Å². The first-order valence-corrected chi connectivity index (χ1v) is 5.89. The number of hydrogen-bond acceptors (Lipinski definition) is 4. The standard InChI is InChI=1S/C11H21N3O5/c1-7(2)4-12-9(15)5-13-11(18)14-8(6-19-3)10(16)17/h7-8H,4-6H2,1-3H3,(H,12,15)(H,16,17)(H2,13,14,18). The van der Waals surface area contributed by atoms with Crippen molar-refractivity contribution in [1.29, 1.82) is 0 Å². The molecule has 0 rings (SSSR count). The smallest absolute Gasteiger partial charge is 0.328 e. The molecule has 0 aliphatic carbocycles. The first kappa shape index (κ1) is 17.2. The second kappa shape index (κ2) is 9.15. The Labute approximate surface area is 111 Å². The van der Waals surface area contributed by atoms with E-state index >= 15 is 0 Å². The summed E-state index contributed by atoms with van der Waals surface area (Å²) < 4.78 is 4.65. The van der Waals surface area contributed by atoms with Crippen LogP contribution in [0, 0.1) is 5.92 Å². The van der Waals surface area contributed by atoms with Crippen molar-refractivity contribution in [3.8, 4) is 0 Å². The van der Waals surface area contributed by atoms with Crippen LogP contribution in [0.3, 0.4) is 0 Å². The minimum atomic E-state index is -1.21. The molecule has 0 heterocycles. The van der Waals surface area contributed by atoms with Gasteiger partial charge in [0.1, 0.15) is 0 Å². The quantitative estimate of drug-likeness (QED) is 0.461. The fraction of sp³-hybridized carbons (Fsp3) is 0.727. The highest BCUT2D eigenvalue weighted by Crippen LogP contribution is 1.87. The lowest BCUT2D eigenvalue weighted by molar-refractivity contribution is -0.140.